The van der Waals surface area contributed by atoms with Gasteiger partial charge < -0.3 is 9.73 Å². The maximum atomic E-state index is 12.3. The Kier molecular flexibility index (Phi) is 5.59. The van der Waals surface area contributed by atoms with Gasteiger partial charge in [-0.2, -0.15) is 0 Å². The van der Waals surface area contributed by atoms with Crippen molar-refractivity contribution in [2.75, 3.05) is 19.4 Å². The van der Waals surface area contributed by atoms with E-state index in [9.17, 15) is 8.42 Å². The highest BCUT2D eigenvalue weighted by atomic mass is 32.2. The summed E-state index contributed by atoms with van der Waals surface area (Å²) in [4.78, 5) is 9.17. The molecule has 2 aromatic heterocycles. The molecule has 0 spiro atoms. The van der Waals surface area contributed by atoms with Gasteiger partial charge in [-0.1, -0.05) is 30.0 Å². The van der Waals surface area contributed by atoms with E-state index in [4.69, 9.17) is 4.42 Å². The van der Waals surface area contributed by atoms with Crippen molar-refractivity contribution >= 4 is 55.0 Å². The second kappa shape index (κ2) is 8.15. The van der Waals surface area contributed by atoms with Gasteiger partial charge in [-0.25, -0.2) is 22.7 Å². The number of anilines is 2. The lowest BCUT2D eigenvalue weighted by molar-refractivity contribution is 0.489. The number of para-hydroxylation sites is 1. The fraction of sp³-hybridized carbons (Fsp3) is 0.158. The van der Waals surface area contributed by atoms with Crippen molar-refractivity contribution in [2.45, 2.75) is 15.9 Å². The number of fused-ring (bicyclic) bond motifs is 1. The van der Waals surface area contributed by atoms with E-state index in [0.717, 1.165) is 16.5 Å². The van der Waals surface area contributed by atoms with Crippen LogP contribution in [0.4, 0.5) is 10.8 Å². The first kappa shape index (κ1) is 19.9. The summed E-state index contributed by atoms with van der Waals surface area (Å²) < 4.78 is 31.4. The molecule has 2 aromatic carbocycles. The number of rotatable bonds is 7. The molecule has 0 fully saturated rings. The van der Waals surface area contributed by atoms with Crippen LogP contribution in [0, 0.1) is 0 Å². The first-order valence-electron chi connectivity index (χ1n) is 8.64. The van der Waals surface area contributed by atoms with E-state index >= 15 is 0 Å². The lowest BCUT2D eigenvalue weighted by Gasteiger charge is -2.10. The van der Waals surface area contributed by atoms with Crippen LogP contribution < -0.4 is 5.32 Å². The summed E-state index contributed by atoms with van der Waals surface area (Å²) in [5.74, 6) is 0.600. The van der Waals surface area contributed by atoms with Crippen molar-refractivity contribution < 1.29 is 12.8 Å². The maximum Gasteiger partial charge on any atom is 0.257 e. The van der Waals surface area contributed by atoms with Gasteiger partial charge in [0.1, 0.15) is 5.52 Å². The molecular weight excluding hydrogens is 428 g/mol. The zero-order valence-electron chi connectivity index (χ0n) is 15.7. The average molecular weight is 447 g/mol. The van der Waals surface area contributed by atoms with Crippen molar-refractivity contribution in [2.24, 2.45) is 0 Å². The van der Waals surface area contributed by atoms with E-state index in [-0.39, 0.29) is 4.90 Å². The minimum Gasteiger partial charge on any atom is -0.431 e. The molecule has 10 heteroatoms. The standard InChI is InChI=1S/C19H18N4O3S3/c1-23(2)29(24,25)15-8-9-17-16(10-15)22-19(26-17)28-12-14-11-27-18(21-14)20-13-6-4-3-5-7-13/h3-11H,12H2,1-2H3,(H,20,21). The Bertz CT molecular complexity index is 1230. The number of thiazole rings is 1. The highest BCUT2D eigenvalue weighted by molar-refractivity contribution is 7.98. The molecular formula is C19H18N4O3S3. The van der Waals surface area contributed by atoms with Crippen molar-refractivity contribution in [1.29, 1.82) is 0 Å². The molecule has 0 unspecified atom stereocenters. The van der Waals surface area contributed by atoms with E-state index in [0.29, 0.717) is 22.1 Å². The number of sulfonamides is 1. The monoisotopic (exact) mass is 446 g/mol. The second-order valence-electron chi connectivity index (χ2n) is 6.32. The van der Waals surface area contributed by atoms with Gasteiger partial charge >= 0.3 is 0 Å². The van der Waals surface area contributed by atoms with Gasteiger partial charge in [0.05, 0.1) is 10.6 Å². The van der Waals surface area contributed by atoms with Gasteiger partial charge in [-0.05, 0) is 30.3 Å². The Morgan fingerprint density at radius 2 is 1.93 bits per heavy atom. The fourth-order valence-electron chi connectivity index (χ4n) is 2.53. The van der Waals surface area contributed by atoms with Gasteiger partial charge in [0.2, 0.25) is 10.0 Å². The molecule has 4 rings (SSSR count). The molecule has 0 atom stereocenters. The van der Waals surface area contributed by atoms with Crippen LogP contribution >= 0.6 is 23.1 Å². The first-order chi connectivity index (χ1) is 13.9. The van der Waals surface area contributed by atoms with Gasteiger partial charge in [-0.15, -0.1) is 11.3 Å². The van der Waals surface area contributed by atoms with E-state index in [1.165, 1.54) is 53.6 Å². The van der Waals surface area contributed by atoms with Crippen molar-refractivity contribution in [3.05, 3.63) is 59.6 Å². The maximum absolute atomic E-state index is 12.3. The number of benzene rings is 2. The van der Waals surface area contributed by atoms with E-state index < -0.39 is 10.0 Å². The van der Waals surface area contributed by atoms with Crippen LogP contribution in [-0.2, 0) is 15.8 Å². The van der Waals surface area contributed by atoms with Crippen LogP contribution in [0.1, 0.15) is 5.69 Å². The minimum absolute atomic E-state index is 0.191. The molecule has 4 aromatic rings. The molecule has 0 aliphatic carbocycles. The number of thioether (sulfide) groups is 1. The summed E-state index contributed by atoms with van der Waals surface area (Å²) in [5, 5.41) is 6.56. The van der Waals surface area contributed by atoms with Gasteiger partial charge in [0, 0.05) is 30.9 Å². The summed E-state index contributed by atoms with van der Waals surface area (Å²) in [6, 6.07) is 14.6. The summed E-state index contributed by atoms with van der Waals surface area (Å²) in [7, 11) is -0.511. The topological polar surface area (TPSA) is 88.3 Å². The predicted molar refractivity (Wildman–Crippen MR) is 116 cm³/mol. The van der Waals surface area contributed by atoms with E-state index in [2.05, 4.69) is 15.3 Å². The third-order valence-electron chi connectivity index (χ3n) is 4.04. The summed E-state index contributed by atoms with van der Waals surface area (Å²) >= 11 is 2.95. The third kappa shape index (κ3) is 4.45. The Morgan fingerprint density at radius 1 is 1.14 bits per heavy atom. The lowest BCUT2D eigenvalue weighted by Crippen LogP contribution is -2.22. The largest absolute Gasteiger partial charge is 0.431 e. The molecule has 7 nitrogen and oxygen atoms in total. The predicted octanol–water partition coefficient (Wildman–Crippen LogP) is 4.57. The van der Waals surface area contributed by atoms with Crippen LogP contribution in [-0.4, -0.2) is 36.8 Å². The van der Waals surface area contributed by atoms with Crippen molar-refractivity contribution in [3.63, 3.8) is 0 Å². The third-order valence-corrected chi connectivity index (χ3v) is 7.52. The number of oxazole rings is 1. The zero-order valence-corrected chi connectivity index (χ0v) is 18.1. The Hall–Kier alpha value is -2.40. The number of hydrogen-bond acceptors (Lipinski definition) is 8. The molecule has 29 heavy (non-hydrogen) atoms. The minimum atomic E-state index is -3.51. The normalized spacial score (nSPS) is 12.0. The fourth-order valence-corrected chi connectivity index (χ4v) is 5.02. The van der Waals surface area contributed by atoms with E-state index in [1.807, 2.05) is 35.7 Å². The summed E-state index contributed by atoms with van der Waals surface area (Å²) in [6.45, 7) is 0. The SMILES string of the molecule is CN(C)S(=O)(=O)c1ccc2oc(SCc3csc(Nc4ccccc4)n3)nc2c1. The van der Waals surface area contributed by atoms with Gasteiger partial charge in [-0.3, -0.25) is 0 Å². The Morgan fingerprint density at radius 3 is 2.69 bits per heavy atom. The van der Waals surface area contributed by atoms with Crippen molar-refractivity contribution in [1.82, 2.24) is 14.3 Å². The van der Waals surface area contributed by atoms with Crippen molar-refractivity contribution in [3.8, 4) is 0 Å². The molecule has 0 radical (unpaired) electrons. The lowest BCUT2D eigenvalue weighted by atomic mass is 10.3. The molecule has 1 N–H and O–H groups in total. The number of aromatic nitrogens is 2. The smallest absolute Gasteiger partial charge is 0.257 e. The average Bonchev–Trinajstić information content (AvgIpc) is 3.32. The molecule has 0 bridgehead atoms. The van der Waals surface area contributed by atoms with Crippen LogP contribution in [0.25, 0.3) is 11.1 Å². The zero-order chi connectivity index (χ0) is 20.4. The Balaban J connectivity index is 1.45. The van der Waals surface area contributed by atoms with E-state index in [1.54, 1.807) is 6.07 Å². The van der Waals surface area contributed by atoms with Gasteiger partial charge in [0.25, 0.3) is 5.22 Å². The summed E-state index contributed by atoms with van der Waals surface area (Å²) in [5.41, 5.74) is 2.97. The molecule has 2 heterocycles. The van der Waals surface area contributed by atoms with Crippen LogP contribution in [0.5, 0.6) is 0 Å². The summed E-state index contributed by atoms with van der Waals surface area (Å²) in [6.07, 6.45) is 0. The van der Waals surface area contributed by atoms with Crippen LogP contribution in [0.3, 0.4) is 0 Å². The van der Waals surface area contributed by atoms with Crippen LogP contribution in [0.2, 0.25) is 0 Å². The highest BCUT2D eigenvalue weighted by Crippen LogP contribution is 2.29. The number of nitrogens with one attached hydrogen (secondary N) is 1. The molecule has 0 saturated heterocycles. The molecule has 0 aliphatic rings. The molecule has 0 amide bonds. The molecule has 0 saturated carbocycles. The molecule has 0 aliphatic heterocycles. The number of hydrogen-bond donors (Lipinski definition) is 1. The van der Waals surface area contributed by atoms with Crippen LogP contribution in [0.15, 0.2) is 68.4 Å². The first-order valence-corrected chi connectivity index (χ1v) is 11.9. The van der Waals surface area contributed by atoms with Gasteiger partial charge in [0.15, 0.2) is 10.7 Å². The highest BCUT2D eigenvalue weighted by Gasteiger charge is 2.19. The molecule has 150 valence electrons. The number of nitrogens with zero attached hydrogens (tertiary/aromatic N) is 3. The second-order valence-corrected chi connectivity index (χ2v) is 10.3. The Labute approximate surface area is 176 Å². The quantitative estimate of drug-likeness (QED) is 0.416.